The maximum atomic E-state index is 6.18. The number of H-pyrrole nitrogens is 1. The Kier molecular flexibility index (Phi) is 6.83. The minimum atomic E-state index is 0.544. The van der Waals surface area contributed by atoms with Gasteiger partial charge in [-0.15, -0.1) is 0 Å². The zero-order valence-electron chi connectivity index (χ0n) is 18.7. The number of nitrogens with one attached hydrogen (secondary N) is 1. The molecule has 0 saturated heterocycles. The molecule has 4 rings (SSSR count). The summed E-state index contributed by atoms with van der Waals surface area (Å²) in [6.07, 6.45) is 9.35. The van der Waals surface area contributed by atoms with Crippen molar-refractivity contribution in [1.29, 1.82) is 0 Å². The van der Waals surface area contributed by atoms with Crippen LogP contribution < -0.4 is 5.73 Å². The molecule has 0 spiro atoms. The van der Waals surface area contributed by atoms with Crippen LogP contribution in [0.2, 0.25) is 0 Å². The fourth-order valence-corrected chi connectivity index (χ4v) is 4.70. The lowest BCUT2D eigenvalue weighted by Gasteiger charge is -2.15. The number of aromatic nitrogens is 2. The Morgan fingerprint density at radius 1 is 0.903 bits per heavy atom. The second-order valence-corrected chi connectivity index (χ2v) is 8.79. The van der Waals surface area contributed by atoms with Crippen molar-refractivity contribution in [3.63, 3.8) is 0 Å². The van der Waals surface area contributed by atoms with Gasteiger partial charge in [0.2, 0.25) is 0 Å². The molecule has 2 aromatic heterocycles. The van der Waals surface area contributed by atoms with E-state index >= 15 is 0 Å². The Morgan fingerprint density at radius 2 is 1.65 bits per heavy atom. The van der Waals surface area contributed by atoms with Gasteiger partial charge in [0.25, 0.3) is 0 Å². The molecule has 1 unspecified atom stereocenters. The molecule has 0 aliphatic carbocycles. The van der Waals surface area contributed by atoms with Crippen LogP contribution in [0.15, 0.2) is 67.0 Å². The van der Waals surface area contributed by atoms with Gasteiger partial charge in [-0.05, 0) is 105 Å². The lowest BCUT2D eigenvalue weighted by molar-refractivity contribution is 0.447. The summed E-state index contributed by atoms with van der Waals surface area (Å²) in [4.78, 5) is 7.81. The second kappa shape index (κ2) is 9.93. The van der Waals surface area contributed by atoms with Gasteiger partial charge >= 0.3 is 0 Å². The van der Waals surface area contributed by atoms with E-state index < -0.39 is 0 Å². The van der Waals surface area contributed by atoms with Gasteiger partial charge < -0.3 is 10.7 Å². The van der Waals surface area contributed by atoms with Gasteiger partial charge in [-0.3, -0.25) is 4.98 Å². The highest BCUT2D eigenvalue weighted by Crippen LogP contribution is 2.33. The SMILES string of the molecule is Cc1cc(C)cc(-c2[nH]c3ccccc3c2CCC(CN)CCCc2ccncc2)c1. The quantitative estimate of drug-likeness (QED) is 0.336. The molecule has 0 fully saturated rings. The van der Waals surface area contributed by atoms with Crippen molar-refractivity contribution in [2.45, 2.75) is 46.0 Å². The maximum Gasteiger partial charge on any atom is 0.0497 e. The van der Waals surface area contributed by atoms with E-state index in [0.717, 1.165) is 25.8 Å². The number of aromatic amines is 1. The minimum Gasteiger partial charge on any atom is -0.354 e. The number of aryl methyl sites for hydroxylation is 4. The van der Waals surface area contributed by atoms with Crippen LogP contribution in [0.1, 0.15) is 41.5 Å². The summed E-state index contributed by atoms with van der Waals surface area (Å²) >= 11 is 0. The molecule has 0 radical (unpaired) electrons. The molecule has 3 N–H and O–H groups in total. The van der Waals surface area contributed by atoms with Crippen LogP contribution >= 0.6 is 0 Å². The third-order valence-corrected chi connectivity index (χ3v) is 6.29. The zero-order valence-corrected chi connectivity index (χ0v) is 18.7. The summed E-state index contributed by atoms with van der Waals surface area (Å²) < 4.78 is 0. The van der Waals surface area contributed by atoms with E-state index in [9.17, 15) is 0 Å². The van der Waals surface area contributed by atoms with Crippen LogP contribution in [0.4, 0.5) is 0 Å². The van der Waals surface area contributed by atoms with Gasteiger partial charge in [0.05, 0.1) is 0 Å². The lowest BCUT2D eigenvalue weighted by Crippen LogP contribution is -2.15. The minimum absolute atomic E-state index is 0.544. The predicted octanol–water partition coefficient (Wildman–Crippen LogP) is 6.38. The molecular formula is C28H33N3. The average molecular weight is 412 g/mol. The number of nitrogens with zero attached hydrogens (tertiary/aromatic N) is 1. The van der Waals surface area contributed by atoms with Gasteiger partial charge in [-0.25, -0.2) is 0 Å². The standard InChI is InChI=1S/C28H33N3/c1-20-16-21(2)18-24(17-20)28-26(25-8-3-4-9-27(25)31-28)11-10-23(19-29)7-5-6-22-12-14-30-15-13-22/h3-4,8-9,12-18,23,31H,5-7,10-11,19,29H2,1-2H3. The number of benzene rings is 2. The summed E-state index contributed by atoms with van der Waals surface area (Å²) in [6, 6.07) is 19.7. The van der Waals surface area contributed by atoms with Crippen LogP contribution in [0.3, 0.4) is 0 Å². The molecule has 1 atom stereocenters. The average Bonchev–Trinajstić information content (AvgIpc) is 3.15. The second-order valence-electron chi connectivity index (χ2n) is 8.79. The van der Waals surface area contributed by atoms with Crippen molar-refractivity contribution in [2.75, 3.05) is 6.54 Å². The van der Waals surface area contributed by atoms with Crippen LogP contribution in [-0.2, 0) is 12.8 Å². The number of rotatable bonds is 9. The Bertz CT molecular complexity index is 1110. The van der Waals surface area contributed by atoms with Crippen molar-refractivity contribution in [3.8, 4) is 11.3 Å². The first-order valence-corrected chi connectivity index (χ1v) is 11.4. The fourth-order valence-electron chi connectivity index (χ4n) is 4.70. The Hall–Kier alpha value is -2.91. The summed E-state index contributed by atoms with van der Waals surface area (Å²) in [5.41, 5.74) is 15.3. The van der Waals surface area contributed by atoms with Crippen LogP contribution in [-0.4, -0.2) is 16.5 Å². The Balaban J connectivity index is 1.51. The van der Waals surface area contributed by atoms with Crippen molar-refractivity contribution >= 4 is 10.9 Å². The molecule has 31 heavy (non-hydrogen) atoms. The number of para-hydroxylation sites is 1. The van der Waals surface area contributed by atoms with Crippen LogP contribution in [0, 0.1) is 19.8 Å². The molecule has 2 heterocycles. The molecule has 0 bridgehead atoms. The van der Waals surface area contributed by atoms with Crippen molar-refractivity contribution in [1.82, 2.24) is 9.97 Å². The number of fused-ring (bicyclic) bond motifs is 1. The van der Waals surface area contributed by atoms with Gasteiger partial charge in [0, 0.05) is 29.0 Å². The first-order valence-electron chi connectivity index (χ1n) is 11.4. The summed E-state index contributed by atoms with van der Waals surface area (Å²) in [6.45, 7) is 5.09. The molecule has 3 heteroatoms. The molecular weight excluding hydrogens is 378 g/mol. The monoisotopic (exact) mass is 411 g/mol. The molecule has 0 amide bonds. The van der Waals surface area contributed by atoms with E-state index in [4.69, 9.17) is 5.73 Å². The predicted molar refractivity (Wildman–Crippen MR) is 131 cm³/mol. The van der Waals surface area contributed by atoms with Gasteiger partial charge in [-0.1, -0.05) is 35.4 Å². The molecule has 160 valence electrons. The summed E-state index contributed by atoms with van der Waals surface area (Å²) in [7, 11) is 0. The van der Waals surface area contributed by atoms with Crippen LogP contribution in [0.5, 0.6) is 0 Å². The summed E-state index contributed by atoms with van der Waals surface area (Å²) in [5, 5.41) is 1.34. The topological polar surface area (TPSA) is 54.7 Å². The summed E-state index contributed by atoms with van der Waals surface area (Å²) in [5.74, 6) is 0.544. The lowest BCUT2D eigenvalue weighted by atomic mass is 9.91. The van der Waals surface area contributed by atoms with Crippen molar-refractivity contribution in [2.24, 2.45) is 11.7 Å². The number of pyridine rings is 1. The maximum absolute atomic E-state index is 6.18. The van der Waals surface area contributed by atoms with Crippen molar-refractivity contribution < 1.29 is 0 Å². The normalized spacial score (nSPS) is 12.4. The third-order valence-electron chi connectivity index (χ3n) is 6.29. The Morgan fingerprint density at radius 3 is 2.39 bits per heavy atom. The number of nitrogens with two attached hydrogens (primary N) is 1. The van der Waals surface area contributed by atoms with E-state index in [0.29, 0.717) is 5.92 Å². The highest BCUT2D eigenvalue weighted by atomic mass is 14.7. The molecule has 3 nitrogen and oxygen atoms in total. The molecule has 0 aliphatic heterocycles. The van der Waals surface area contributed by atoms with Gasteiger partial charge in [0.1, 0.15) is 0 Å². The zero-order chi connectivity index (χ0) is 21.6. The number of hydrogen-bond acceptors (Lipinski definition) is 2. The molecule has 2 aromatic carbocycles. The van der Waals surface area contributed by atoms with Gasteiger partial charge in [0.15, 0.2) is 0 Å². The van der Waals surface area contributed by atoms with E-state index in [2.05, 4.69) is 78.4 Å². The third kappa shape index (κ3) is 5.23. The fraction of sp³-hybridized carbons (Fsp3) is 0.321. The molecule has 0 aliphatic rings. The van der Waals surface area contributed by atoms with E-state index in [1.807, 2.05) is 12.4 Å². The smallest absolute Gasteiger partial charge is 0.0497 e. The first-order chi connectivity index (χ1) is 15.1. The highest BCUT2D eigenvalue weighted by molar-refractivity contribution is 5.91. The first kappa shape index (κ1) is 21.3. The van der Waals surface area contributed by atoms with Crippen LogP contribution in [0.25, 0.3) is 22.2 Å². The van der Waals surface area contributed by atoms with E-state index in [-0.39, 0.29) is 0 Å². The van der Waals surface area contributed by atoms with Gasteiger partial charge in [-0.2, -0.15) is 0 Å². The van der Waals surface area contributed by atoms with E-state index in [1.165, 1.54) is 57.3 Å². The molecule has 4 aromatic rings. The van der Waals surface area contributed by atoms with E-state index in [1.54, 1.807) is 0 Å². The van der Waals surface area contributed by atoms with Crippen molar-refractivity contribution in [3.05, 3.63) is 89.2 Å². The largest absolute Gasteiger partial charge is 0.354 e. The Labute approximate surface area is 185 Å². The molecule has 0 saturated carbocycles. The number of hydrogen-bond donors (Lipinski definition) is 2. The highest BCUT2D eigenvalue weighted by Gasteiger charge is 2.16.